The molecule has 0 fully saturated rings. The molecule has 0 unspecified atom stereocenters. The van der Waals surface area contributed by atoms with Crippen LogP contribution in [0.4, 0.5) is 28.6 Å². The number of anilines is 5. The van der Waals surface area contributed by atoms with E-state index < -0.39 is 0 Å². The lowest BCUT2D eigenvalue weighted by atomic mass is 10.1. The van der Waals surface area contributed by atoms with Crippen molar-refractivity contribution in [3.8, 4) is 6.07 Å². The van der Waals surface area contributed by atoms with Crippen molar-refractivity contribution in [1.29, 1.82) is 5.26 Å². The summed E-state index contributed by atoms with van der Waals surface area (Å²) in [5.41, 5.74) is 5.03. The van der Waals surface area contributed by atoms with Gasteiger partial charge < -0.3 is 16.0 Å². The summed E-state index contributed by atoms with van der Waals surface area (Å²) in [4.78, 5) is 25.4. The van der Waals surface area contributed by atoms with Crippen LogP contribution in [0.15, 0.2) is 97.6 Å². The Labute approximate surface area is 201 Å². The monoisotopic (exact) mass is 457 g/mol. The Hall–Kier alpha value is -5.29. The minimum absolute atomic E-state index is 0.257. The van der Waals surface area contributed by atoms with Gasteiger partial charge in [-0.3, -0.25) is 14.8 Å². The Balaban J connectivity index is 1.25. The highest BCUT2D eigenvalue weighted by molar-refractivity contribution is 6.04. The molecule has 8 nitrogen and oxygen atoms in total. The van der Waals surface area contributed by atoms with Crippen LogP contribution in [0.2, 0.25) is 0 Å². The molecule has 0 spiro atoms. The summed E-state index contributed by atoms with van der Waals surface area (Å²) in [5, 5.41) is 19.4. The average molecular weight is 457 g/mol. The third-order valence-electron chi connectivity index (χ3n) is 5.27. The van der Waals surface area contributed by atoms with E-state index in [-0.39, 0.29) is 5.91 Å². The van der Waals surface area contributed by atoms with E-state index in [4.69, 9.17) is 0 Å². The molecule has 168 valence electrons. The van der Waals surface area contributed by atoms with E-state index >= 15 is 0 Å². The molecule has 8 heteroatoms. The predicted octanol–water partition coefficient (Wildman–Crippen LogP) is 5.64. The summed E-state index contributed by atoms with van der Waals surface area (Å²) in [6.45, 7) is 0. The summed E-state index contributed by atoms with van der Waals surface area (Å²) in [7, 11) is 0. The van der Waals surface area contributed by atoms with E-state index in [0.717, 1.165) is 28.0 Å². The third kappa shape index (κ3) is 5.05. The van der Waals surface area contributed by atoms with Gasteiger partial charge in [0.2, 0.25) is 0 Å². The van der Waals surface area contributed by atoms with Crippen molar-refractivity contribution in [2.45, 2.75) is 0 Å². The molecule has 0 aliphatic rings. The third-order valence-corrected chi connectivity index (χ3v) is 5.27. The second-order valence-corrected chi connectivity index (χ2v) is 7.65. The number of carbonyl (C=O) groups is 1. The Morgan fingerprint density at radius 2 is 1.54 bits per heavy atom. The fourth-order valence-electron chi connectivity index (χ4n) is 3.51. The molecule has 0 radical (unpaired) electrons. The lowest BCUT2D eigenvalue weighted by Gasteiger charge is -2.10. The van der Waals surface area contributed by atoms with Crippen LogP contribution in [0, 0.1) is 11.3 Å². The lowest BCUT2D eigenvalue weighted by Crippen LogP contribution is -2.12. The highest BCUT2D eigenvalue weighted by atomic mass is 16.1. The number of pyridine rings is 3. The summed E-state index contributed by atoms with van der Waals surface area (Å²) in [6, 6.07) is 23.9. The topological polar surface area (TPSA) is 116 Å². The number of hydrogen-bond acceptors (Lipinski definition) is 7. The van der Waals surface area contributed by atoms with Crippen molar-refractivity contribution < 1.29 is 4.79 Å². The number of aromatic nitrogens is 3. The van der Waals surface area contributed by atoms with Crippen LogP contribution in [0.5, 0.6) is 0 Å². The molecule has 0 saturated carbocycles. The van der Waals surface area contributed by atoms with E-state index in [1.807, 2.05) is 48.5 Å². The van der Waals surface area contributed by atoms with E-state index in [1.165, 1.54) is 6.20 Å². The van der Waals surface area contributed by atoms with Crippen LogP contribution >= 0.6 is 0 Å². The smallest absolute Gasteiger partial charge is 0.257 e. The number of nitrogens with one attached hydrogen (secondary N) is 3. The number of amides is 1. The van der Waals surface area contributed by atoms with E-state index in [1.54, 1.807) is 42.9 Å². The van der Waals surface area contributed by atoms with Gasteiger partial charge in [0.1, 0.15) is 5.82 Å². The molecule has 3 aromatic heterocycles. The second kappa shape index (κ2) is 9.68. The molecule has 0 bridgehead atoms. The summed E-state index contributed by atoms with van der Waals surface area (Å²) in [6.07, 6.45) is 6.64. The quantitative estimate of drug-likeness (QED) is 0.302. The van der Waals surface area contributed by atoms with E-state index in [9.17, 15) is 10.1 Å². The lowest BCUT2D eigenvalue weighted by molar-refractivity contribution is 0.102. The molecule has 0 saturated heterocycles. The van der Waals surface area contributed by atoms with Gasteiger partial charge >= 0.3 is 0 Å². The first-order chi connectivity index (χ1) is 17.2. The molecular weight excluding hydrogens is 438 g/mol. The van der Waals surface area contributed by atoms with Crippen LogP contribution in [0.25, 0.3) is 10.9 Å². The highest BCUT2D eigenvalue weighted by Gasteiger charge is 2.09. The van der Waals surface area contributed by atoms with Gasteiger partial charge in [0, 0.05) is 47.2 Å². The number of rotatable bonds is 6. The maximum atomic E-state index is 12.7. The first-order valence-corrected chi connectivity index (χ1v) is 10.8. The van der Waals surface area contributed by atoms with Crippen LogP contribution in [0.3, 0.4) is 0 Å². The summed E-state index contributed by atoms with van der Waals surface area (Å²) >= 11 is 0. The van der Waals surface area contributed by atoms with Gasteiger partial charge in [0.05, 0.1) is 28.4 Å². The first-order valence-electron chi connectivity index (χ1n) is 10.8. The maximum Gasteiger partial charge on any atom is 0.257 e. The van der Waals surface area contributed by atoms with Crippen molar-refractivity contribution in [2.75, 3.05) is 16.0 Å². The van der Waals surface area contributed by atoms with Gasteiger partial charge in [-0.25, -0.2) is 4.98 Å². The van der Waals surface area contributed by atoms with E-state index in [2.05, 4.69) is 37.0 Å². The normalized spacial score (nSPS) is 10.4. The Morgan fingerprint density at radius 1 is 0.771 bits per heavy atom. The Morgan fingerprint density at radius 3 is 2.29 bits per heavy atom. The number of fused-ring (bicyclic) bond motifs is 1. The zero-order chi connectivity index (χ0) is 24.0. The molecule has 3 N–H and O–H groups in total. The van der Waals surface area contributed by atoms with Gasteiger partial charge in [-0.05, 0) is 72.8 Å². The fraction of sp³-hybridized carbons (Fsp3) is 0. The first kappa shape index (κ1) is 21.6. The predicted molar refractivity (Wildman–Crippen MR) is 136 cm³/mol. The van der Waals surface area contributed by atoms with Crippen LogP contribution < -0.4 is 16.0 Å². The SMILES string of the molecule is N#Cc1ccc2nccc(Nc3ccc(C(=O)Nc4ccc(Nc5ccncc5)cc4)cn3)c2c1. The number of nitrogens with zero attached hydrogens (tertiary/aromatic N) is 4. The van der Waals surface area contributed by atoms with Crippen molar-refractivity contribution in [3.05, 3.63) is 109 Å². The molecule has 1 amide bonds. The number of hydrogen-bond donors (Lipinski definition) is 3. The molecule has 5 aromatic rings. The average Bonchev–Trinajstić information content (AvgIpc) is 2.91. The minimum atomic E-state index is -0.257. The fourth-order valence-corrected chi connectivity index (χ4v) is 3.51. The molecule has 0 atom stereocenters. The van der Waals surface area contributed by atoms with Gasteiger partial charge in [-0.15, -0.1) is 0 Å². The molecule has 35 heavy (non-hydrogen) atoms. The Bertz CT molecular complexity index is 1530. The maximum absolute atomic E-state index is 12.7. The molecule has 0 aliphatic heterocycles. The number of benzene rings is 2. The molecule has 2 aromatic carbocycles. The van der Waals surface area contributed by atoms with Crippen LogP contribution in [0.1, 0.15) is 15.9 Å². The molecular formula is C27H19N7O. The van der Waals surface area contributed by atoms with Crippen molar-refractivity contribution in [3.63, 3.8) is 0 Å². The van der Waals surface area contributed by atoms with Crippen LogP contribution in [-0.4, -0.2) is 20.9 Å². The van der Waals surface area contributed by atoms with E-state index in [0.29, 0.717) is 22.6 Å². The van der Waals surface area contributed by atoms with Crippen molar-refractivity contribution in [2.24, 2.45) is 0 Å². The highest BCUT2D eigenvalue weighted by Crippen LogP contribution is 2.25. The molecule has 3 heterocycles. The van der Waals surface area contributed by atoms with Crippen molar-refractivity contribution in [1.82, 2.24) is 15.0 Å². The largest absolute Gasteiger partial charge is 0.355 e. The van der Waals surface area contributed by atoms with Gasteiger partial charge in [0.15, 0.2) is 0 Å². The summed E-state index contributed by atoms with van der Waals surface area (Å²) < 4.78 is 0. The zero-order valence-electron chi connectivity index (χ0n) is 18.4. The Kier molecular flexibility index (Phi) is 5.96. The zero-order valence-corrected chi connectivity index (χ0v) is 18.4. The number of nitriles is 1. The van der Waals surface area contributed by atoms with Gasteiger partial charge in [-0.1, -0.05) is 0 Å². The minimum Gasteiger partial charge on any atom is -0.355 e. The van der Waals surface area contributed by atoms with Crippen LogP contribution in [-0.2, 0) is 0 Å². The second-order valence-electron chi connectivity index (χ2n) is 7.65. The number of carbonyl (C=O) groups excluding carboxylic acids is 1. The van der Waals surface area contributed by atoms with Gasteiger partial charge in [0.25, 0.3) is 5.91 Å². The molecule has 5 rings (SSSR count). The molecule has 0 aliphatic carbocycles. The summed E-state index contributed by atoms with van der Waals surface area (Å²) in [5.74, 6) is 0.315. The van der Waals surface area contributed by atoms with Crippen molar-refractivity contribution >= 4 is 45.4 Å². The van der Waals surface area contributed by atoms with Gasteiger partial charge in [-0.2, -0.15) is 5.26 Å². The standard InChI is InChI=1S/C27H19N7O/c28-16-18-1-7-24-23(15-18)25(11-14-30-24)34-26-8-2-19(17-31-26)27(35)33-21-5-3-20(4-6-21)32-22-9-12-29-13-10-22/h1-15,17H,(H,29,32)(H,33,35)(H,30,31,34).